The lowest BCUT2D eigenvalue weighted by atomic mass is 10.0. The maximum atomic E-state index is 13.0. The Hall–Kier alpha value is -3.09. The van der Waals surface area contributed by atoms with E-state index < -0.39 is 10.8 Å². The Labute approximate surface area is 158 Å². The van der Waals surface area contributed by atoms with Gasteiger partial charge in [0.25, 0.3) is 11.6 Å². The standard InChI is InChI=1S/C20H24N2O5/c1-6-27-19-11-16(17(22(24)25)12-18(19)26-5)20(23)21(4)15-9-7-8-14(10-15)13(2)3/h7-13H,6H2,1-5H3. The van der Waals surface area contributed by atoms with Crippen molar-refractivity contribution in [3.05, 3.63) is 57.6 Å². The number of nitro groups is 1. The first-order valence-electron chi connectivity index (χ1n) is 8.67. The van der Waals surface area contributed by atoms with E-state index in [4.69, 9.17) is 9.47 Å². The van der Waals surface area contributed by atoms with Gasteiger partial charge in [0.1, 0.15) is 5.56 Å². The van der Waals surface area contributed by atoms with E-state index in [0.717, 1.165) is 5.56 Å². The third-order valence-corrected chi connectivity index (χ3v) is 4.24. The highest BCUT2D eigenvalue weighted by Gasteiger charge is 2.27. The molecule has 0 spiro atoms. The Morgan fingerprint density at radius 1 is 1.22 bits per heavy atom. The van der Waals surface area contributed by atoms with Crippen molar-refractivity contribution in [2.45, 2.75) is 26.7 Å². The van der Waals surface area contributed by atoms with Crippen LogP contribution in [0.15, 0.2) is 36.4 Å². The molecule has 0 unspecified atom stereocenters. The first-order chi connectivity index (χ1) is 12.8. The average Bonchev–Trinajstić information content (AvgIpc) is 2.66. The first-order valence-corrected chi connectivity index (χ1v) is 8.67. The predicted octanol–water partition coefficient (Wildman–Crippen LogP) is 4.40. The average molecular weight is 372 g/mol. The number of carbonyl (C=O) groups is 1. The number of carbonyl (C=O) groups excluding carboxylic acids is 1. The topological polar surface area (TPSA) is 81.9 Å². The summed E-state index contributed by atoms with van der Waals surface area (Å²) in [6, 6.07) is 10.1. The number of benzene rings is 2. The molecule has 0 heterocycles. The van der Waals surface area contributed by atoms with Crippen LogP contribution in [-0.2, 0) is 0 Å². The Bertz CT molecular complexity index is 848. The minimum atomic E-state index is -0.593. The summed E-state index contributed by atoms with van der Waals surface area (Å²) in [5.41, 5.74) is 1.36. The van der Waals surface area contributed by atoms with Crippen molar-refractivity contribution < 1.29 is 19.2 Å². The van der Waals surface area contributed by atoms with Crippen LogP contribution in [0.2, 0.25) is 0 Å². The van der Waals surface area contributed by atoms with Gasteiger partial charge in [0.2, 0.25) is 0 Å². The van der Waals surface area contributed by atoms with Crippen molar-refractivity contribution >= 4 is 17.3 Å². The number of anilines is 1. The molecule has 2 aromatic carbocycles. The van der Waals surface area contributed by atoms with Gasteiger partial charge in [0.15, 0.2) is 11.5 Å². The Balaban J connectivity index is 2.51. The molecule has 0 aromatic heterocycles. The Morgan fingerprint density at radius 3 is 2.48 bits per heavy atom. The van der Waals surface area contributed by atoms with Crippen LogP contribution in [0.25, 0.3) is 0 Å². The van der Waals surface area contributed by atoms with Gasteiger partial charge in [-0.25, -0.2) is 0 Å². The molecule has 0 saturated carbocycles. The minimum Gasteiger partial charge on any atom is -0.493 e. The van der Waals surface area contributed by atoms with Gasteiger partial charge in [-0.05, 0) is 30.5 Å². The summed E-state index contributed by atoms with van der Waals surface area (Å²) in [6.07, 6.45) is 0. The van der Waals surface area contributed by atoms with E-state index in [1.54, 1.807) is 20.0 Å². The summed E-state index contributed by atoms with van der Waals surface area (Å²) in [5.74, 6) is 0.308. The van der Waals surface area contributed by atoms with Crippen molar-refractivity contribution in [3.63, 3.8) is 0 Å². The highest BCUT2D eigenvalue weighted by Crippen LogP contribution is 2.36. The summed E-state index contributed by atoms with van der Waals surface area (Å²) in [4.78, 5) is 25.3. The number of hydrogen-bond acceptors (Lipinski definition) is 5. The quantitative estimate of drug-likeness (QED) is 0.531. The second-order valence-corrected chi connectivity index (χ2v) is 6.32. The molecule has 2 rings (SSSR count). The molecule has 1 amide bonds. The van der Waals surface area contributed by atoms with E-state index >= 15 is 0 Å². The second kappa shape index (κ2) is 8.53. The number of ether oxygens (including phenoxy) is 2. The summed E-state index contributed by atoms with van der Waals surface area (Å²) < 4.78 is 10.6. The number of nitrogens with zero attached hydrogens (tertiary/aromatic N) is 2. The molecular weight excluding hydrogens is 348 g/mol. The van der Waals surface area contributed by atoms with E-state index in [0.29, 0.717) is 24.0 Å². The molecule has 0 fully saturated rings. The van der Waals surface area contributed by atoms with Crippen LogP contribution in [0.4, 0.5) is 11.4 Å². The van der Waals surface area contributed by atoms with Gasteiger partial charge in [-0.2, -0.15) is 0 Å². The van der Waals surface area contributed by atoms with Crippen molar-refractivity contribution in [2.75, 3.05) is 25.7 Å². The molecule has 0 aliphatic heterocycles. The molecule has 0 saturated heterocycles. The molecule has 0 radical (unpaired) electrons. The lowest BCUT2D eigenvalue weighted by Gasteiger charge is -2.20. The SMILES string of the molecule is CCOc1cc(C(=O)N(C)c2cccc(C(C)C)c2)c([N+](=O)[O-])cc1OC. The summed E-state index contributed by atoms with van der Waals surface area (Å²) in [5, 5.41) is 11.5. The van der Waals surface area contributed by atoms with Crippen LogP contribution in [0.3, 0.4) is 0 Å². The molecule has 144 valence electrons. The number of nitro benzene ring substituents is 1. The highest BCUT2D eigenvalue weighted by molar-refractivity contribution is 6.09. The fraction of sp³-hybridized carbons (Fsp3) is 0.350. The zero-order valence-electron chi connectivity index (χ0n) is 16.2. The van der Waals surface area contributed by atoms with Crippen molar-refractivity contribution in [1.29, 1.82) is 0 Å². The van der Waals surface area contributed by atoms with Crippen LogP contribution >= 0.6 is 0 Å². The lowest BCUT2D eigenvalue weighted by molar-refractivity contribution is -0.385. The van der Waals surface area contributed by atoms with Crippen molar-refractivity contribution in [1.82, 2.24) is 0 Å². The first kappa shape index (κ1) is 20.2. The van der Waals surface area contributed by atoms with Crippen molar-refractivity contribution in [3.8, 4) is 11.5 Å². The molecule has 0 N–H and O–H groups in total. The smallest absolute Gasteiger partial charge is 0.286 e. The van der Waals surface area contributed by atoms with Gasteiger partial charge < -0.3 is 14.4 Å². The largest absolute Gasteiger partial charge is 0.493 e. The maximum absolute atomic E-state index is 13.0. The fourth-order valence-electron chi connectivity index (χ4n) is 2.69. The zero-order chi connectivity index (χ0) is 20.1. The van der Waals surface area contributed by atoms with E-state index in [-0.39, 0.29) is 17.0 Å². The summed E-state index contributed by atoms with van der Waals surface area (Å²) >= 11 is 0. The van der Waals surface area contributed by atoms with Gasteiger partial charge in [-0.1, -0.05) is 26.0 Å². The predicted molar refractivity (Wildman–Crippen MR) is 104 cm³/mol. The Morgan fingerprint density at radius 2 is 1.93 bits per heavy atom. The third kappa shape index (κ3) is 4.36. The van der Waals surface area contributed by atoms with Gasteiger partial charge in [-0.15, -0.1) is 0 Å². The minimum absolute atomic E-state index is 0.0540. The molecule has 0 aliphatic rings. The second-order valence-electron chi connectivity index (χ2n) is 6.32. The van der Waals surface area contributed by atoms with Gasteiger partial charge in [0, 0.05) is 18.8 Å². The lowest BCUT2D eigenvalue weighted by Crippen LogP contribution is -2.27. The van der Waals surface area contributed by atoms with Crippen LogP contribution < -0.4 is 14.4 Å². The molecule has 7 nitrogen and oxygen atoms in total. The zero-order valence-corrected chi connectivity index (χ0v) is 16.2. The molecule has 0 atom stereocenters. The molecule has 27 heavy (non-hydrogen) atoms. The third-order valence-electron chi connectivity index (χ3n) is 4.24. The summed E-state index contributed by atoms with van der Waals surface area (Å²) in [7, 11) is 2.99. The maximum Gasteiger partial charge on any atom is 0.286 e. The van der Waals surface area contributed by atoms with E-state index in [2.05, 4.69) is 13.8 Å². The van der Waals surface area contributed by atoms with E-state index in [9.17, 15) is 14.9 Å². The van der Waals surface area contributed by atoms with Gasteiger partial charge in [-0.3, -0.25) is 14.9 Å². The van der Waals surface area contributed by atoms with E-state index in [1.165, 1.54) is 24.1 Å². The fourth-order valence-corrected chi connectivity index (χ4v) is 2.69. The molecule has 2 aromatic rings. The monoisotopic (exact) mass is 372 g/mol. The highest BCUT2D eigenvalue weighted by atomic mass is 16.6. The normalized spacial score (nSPS) is 10.6. The Kier molecular flexibility index (Phi) is 6.39. The number of hydrogen-bond donors (Lipinski definition) is 0. The van der Waals surface area contributed by atoms with Gasteiger partial charge >= 0.3 is 0 Å². The number of rotatable bonds is 7. The molecule has 0 bridgehead atoms. The van der Waals surface area contributed by atoms with Crippen molar-refractivity contribution in [2.24, 2.45) is 0 Å². The van der Waals surface area contributed by atoms with Gasteiger partial charge in [0.05, 0.1) is 24.7 Å². The van der Waals surface area contributed by atoms with Crippen LogP contribution in [0.1, 0.15) is 42.6 Å². The molecule has 7 heteroatoms. The molecular formula is C20H24N2O5. The van der Waals surface area contributed by atoms with Crippen LogP contribution in [0.5, 0.6) is 11.5 Å². The molecule has 0 aliphatic carbocycles. The van der Waals surface area contributed by atoms with E-state index in [1.807, 2.05) is 18.2 Å². The number of methoxy groups -OCH3 is 1. The van der Waals surface area contributed by atoms with Crippen LogP contribution in [-0.4, -0.2) is 31.6 Å². The number of amides is 1. The van der Waals surface area contributed by atoms with Crippen LogP contribution in [0, 0.1) is 10.1 Å². The summed E-state index contributed by atoms with van der Waals surface area (Å²) in [6.45, 7) is 6.24.